The molecule has 1 aliphatic rings. The standard InChI is InChI=1S/C10H16N4.ClH/c1-14(2)10-8-6-11-5-3-4-9(8)12-7-13-10;/h7,11H,3-6H2,1-2H3;1H. The highest BCUT2D eigenvalue weighted by Gasteiger charge is 2.14. The lowest BCUT2D eigenvalue weighted by molar-refractivity contribution is 0.679. The monoisotopic (exact) mass is 228 g/mol. The lowest BCUT2D eigenvalue weighted by atomic mass is 10.1. The second kappa shape index (κ2) is 5.28. The molecule has 0 amide bonds. The molecule has 1 aromatic heterocycles. The van der Waals surface area contributed by atoms with Gasteiger partial charge in [0, 0.05) is 26.2 Å². The molecule has 0 saturated carbocycles. The zero-order valence-electron chi connectivity index (χ0n) is 9.16. The normalized spacial score (nSPS) is 14.8. The van der Waals surface area contributed by atoms with Gasteiger partial charge in [0.25, 0.3) is 0 Å². The Balaban J connectivity index is 0.00000112. The molecule has 0 aliphatic carbocycles. The molecule has 5 heteroatoms. The maximum atomic E-state index is 4.34. The summed E-state index contributed by atoms with van der Waals surface area (Å²) >= 11 is 0. The number of rotatable bonds is 1. The number of hydrogen-bond donors (Lipinski definition) is 1. The van der Waals surface area contributed by atoms with E-state index in [-0.39, 0.29) is 12.4 Å². The van der Waals surface area contributed by atoms with E-state index in [4.69, 9.17) is 0 Å². The van der Waals surface area contributed by atoms with Crippen molar-refractivity contribution in [3.05, 3.63) is 17.6 Å². The SMILES string of the molecule is CN(C)c1ncnc2c1CNCCC2.Cl. The second-order valence-electron chi connectivity index (χ2n) is 3.80. The van der Waals surface area contributed by atoms with Gasteiger partial charge in [-0.05, 0) is 19.4 Å². The highest BCUT2D eigenvalue weighted by atomic mass is 35.5. The molecule has 0 unspecified atom stereocenters. The van der Waals surface area contributed by atoms with Crippen LogP contribution in [0.15, 0.2) is 6.33 Å². The summed E-state index contributed by atoms with van der Waals surface area (Å²) in [6.07, 6.45) is 3.89. The highest BCUT2D eigenvalue weighted by Crippen LogP contribution is 2.20. The molecule has 0 atom stereocenters. The average Bonchev–Trinajstić information content (AvgIpc) is 2.41. The van der Waals surface area contributed by atoms with Crippen molar-refractivity contribution in [3.8, 4) is 0 Å². The van der Waals surface area contributed by atoms with E-state index in [9.17, 15) is 0 Å². The van der Waals surface area contributed by atoms with Crippen LogP contribution in [0.2, 0.25) is 0 Å². The van der Waals surface area contributed by atoms with Crippen LogP contribution in [-0.4, -0.2) is 30.6 Å². The van der Waals surface area contributed by atoms with Crippen molar-refractivity contribution in [2.45, 2.75) is 19.4 Å². The Morgan fingerprint density at radius 3 is 2.87 bits per heavy atom. The van der Waals surface area contributed by atoms with Gasteiger partial charge in [0.05, 0.1) is 5.69 Å². The van der Waals surface area contributed by atoms with Crippen molar-refractivity contribution in [1.82, 2.24) is 15.3 Å². The van der Waals surface area contributed by atoms with Crippen LogP contribution in [0.1, 0.15) is 17.7 Å². The highest BCUT2D eigenvalue weighted by molar-refractivity contribution is 5.85. The molecule has 0 fully saturated rings. The lowest BCUT2D eigenvalue weighted by Crippen LogP contribution is -2.18. The van der Waals surface area contributed by atoms with Gasteiger partial charge in [-0.3, -0.25) is 0 Å². The van der Waals surface area contributed by atoms with E-state index in [2.05, 4.69) is 15.3 Å². The van der Waals surface area contributed by atoms with E-state index in [1.807, 2.05) is 19.0 Å². The fourth-order valence-corrected chi connectivity index (χ4v) is 1.81. The van der Waals surface area contributed by atoms with Gasteiger partial charge in [-0.2, -0.15) is 0 Å². The van der Waals surface area contributed by atoms with Gasteiger partial charge in [-0.15, -0.1) is 12.4 Å². The Bertz CT molecular complexity index is 327. The average molecular weight is 229 g/mol. The summed E-state index contributed by atoms with van der Waals surface area (Å²) in [5, 5.41) is 3.39. The van der Waals surface area contributed by atoms with Crippen LogP contribution >= 0.6 is 12.4 Å². The zero-order chi connectivity index (χ0) is 9.97. The summed E-state index contributed by atoms with van der Waals surface area (Å²) in [7, 11) is 4.04. The first-order valence-electron chi connectivity index (χ1n) is 5.00. The van der Waals surface area contributed by atoms with Crippen LogP contribution in [0.5, 0.6) is 0 Å². The van der Waals surface area contributed by atoms with Crippen molar-refractivity contribution in [2.75, 3.05) is 25.5 Å². The van der Waals surface area contributed by atoms with E-state index in [0.29, 0.717) is 0 Å². The lowest BCUT2D eigenvalue weighted by Gasteiger charge is -2.16. The van der Waals surface area contributed by atoms with Crippen molar-refractivity contribution < 1.29 is 0 Å². The van der Waals surface area contributed by atoms with Crippen LogP contribution < -0.4 is 10.2 Å². The third kappa shape index (κ3) is 2.58. The molecule has 2 heterocycles. The molecule has 2 rings (SSSR count). The number of aryl methyl sites for hydroxylation is 1. The molecule has 1 aliphatic heterocycles. The Hall–Kier alpha value is -0.870. The minimum Gasteiger partial charge on any atom is -0.362 e. The van der Waals surface area contributed by atoms with Gasteiger partial charge in [0.1, 0.15) is 12.1 Å². The third-order valence-corrected chi connectivity index (χ3v) is 2.50. The second-order valence-corrected chi connectivity index (χ2v) is 3.80. The quantitative estimate of drug-likeness (QED) is 0.779. The van der Waals surface area contributed by atoms with E-state index in [0.717, 1.165) is 31.7 Å². The molecule has 0 bridgehead atoms. The Morgan fingerprint density at radius 1 is 1.33 bits per heavy atom. The van der Waals surface area contributed by atoms with Gasteiger partial charge < -0.3 is 10.2 Å². The number of aromatic nitrogens is 2. The van der Waals surface area contributed by atoms with Crippen LogP contribution in [0, 0.1) is 0 Å². The predicted molar refractivity (Wildman–Crippen MR) is 63.6 cm³/mol. The van der Waals surface area contributed by atoms with Crippen molar-refractivity contribution in [3.63, 3.8) is 0 Å². The van der Waals surface area contributed by atoms with Crippen molar-refractivity contribution in [1.29, 1.82) is 0 Å². The molecule has 0 spiro atoms. The molecule has 15 heavy (non-hydrogen) atoms. The Kier molecular flexibility index (Phi) is 4.29. The minimum atomic E-state index is 0. The number of anilines is 1. The molecular formula is C10H17ClN4. The number of fused-ring (bicyclic) bond motifs is 1. The van der Waals surface area contributed by atoms with Crippen molar-refractivity contribution >= 4 is 18.2 Å². The fraction of sp³-hybridized carbons (Fsp3) is 0.600. The largest absolute Gasteiger partial charge is 0.362 e. The molecular weight excluding hydrogens is 212 g/mol. The first kappa shape index (κ1) is 12.2. The van der Waals surface area contributed by atoms with E-state index in [1.54, 1.807) is 6.33 Å². The maximum Gasteiger partial charge on any atom is 0.136 e. The summed E-state index contributed by atoms with van der Waals surface area (Å²) in [6, 6.07) is 0. The molecule has 0 aromatic carbocycles. The van der Waals surface area contributed by atoms with Crippen molar-refractivity contribution in [2.24, 2.45) is 0 Å². The van der Waals surface area contributed by atoms with Crippen LogP contribution in [0.25, 0.3) is 0 Å². The molecule has 0 saturated heterocycles. The van der Waals surface area contributed by atoms with E-state index in [1.165, 1.54) is 11.3 Å². The molecule has 1 aromatic rings. The molecule has 1 N–H and O–H groups in total. The summed E-state index contributed by atoms with van der Waals surface area (Å²) in [5.74, 6) is 1.05. The number of nitrogens with zero attached hydrogens (tertiary/aromatic N) is 3. The van der Waals surface area contributed by atoms with Crippen LogP contribution in [0.4, 0.5) is 5.82 Å². The van der Waals surface area contributed by atoms with Gasteiger partial charge in [-0.25, -0.2) is 9.97 Å². The molecule has 4 nitrogen and oxygen atoms in total. The summed E-state index contributed by atoms with van der Waals surface area (Å²) < 4.78 is 0. The fourth-order valence-electron chi connectivity index (χ4n) is 1.81. The smallest absolute Gasteiger partial charge is 0.136 e. The van der Waals surface area contributed by atoms with E-state index < -0.39 is 0 Å². The first-order valence-corrected chi connectivity index (χ1v) is 5.00. The zero-order valence-corrected chi connectivity index (χ0v) is 9.97. The first-order chi connectivity index (χ1) is 6.79. The van der Waals surface area contributed by atoms with Gasteiger partial charge in [0.15, 0.2) is 0 Å². The molecule has 84 valence electrons. The maximum absolute atomic E-state index is 4.34. The Labute approximate surface area is 96.5 Å². The van der Waals surface area contributed by atoms with Gasteiger partial charge in [-0.1, -0.05) is 0 Å². The summed E-state index contributed by atoms with van der Waals surface area (Å²) in [4.78, 5) is 10.7. The van der Waals surface area contributed by atoms with Crippen LogP contribution in [-0.2, 0) is 13.0 Å². The third-order valence-electron chi connectivity index (χ3n) is 2.50. The minimum absolute atomic E-state index is 0. The molecule has 0 radical (unpaired) electrons. The van der Waals surface area contributed by atoms with Crippen LogP contribution in [0.3, 0.4) is 0 Å². The number of hydrogen-bond acceptors (Lipinski definition) is 4. The van der Waals surface area contributed by atoms with Gasteiger partial charge >= 0.3 is 0 Å². The number of nitrogens with one attached hydrogen (secondary N) is 1. The summed E-state index contributed by atoms with van der Waals surface area (Å²) in [5.41, 5.74) is 2.46. The van der Waals surface area contributed by atoms with Gasteiger partial charge in [0.2, 0.25) is 0 Å². The summed E-state index contributed by atoms with van der Waals surface area (Å²) in [6.45, 7) is 1.97. The predicted octanol–water partition coefficient (Wildman–Crippen LogP) is 1.00. The topological polar surface area (TPSA) is 41.1 Å². The number of halogens is 1. The van der Waals surface area contributed by atoms with E-state index >= 15 is 0 Å². The Morgan fingerprint density at radius 2 is 2.13 bits per heavy atom.